The van der Waals surface area contributed by atoms with Crippen LogP contribution < -0.4 is 10.6 Å². The Hall–Kier alpha value is -1.86. The molecule has 1 heterocycles. The highest BCUT2D eigenvalue weighted by Crippen LogP contribution is 2.16. The van der Waals surface area contributed by atoms with Crippen molar-refractivity contribution >= 4 is 51.0 Å². The summed E-state index contributed by atoms with van der Waals surface area (Å²) in [5.74, 6) is 0.607. The monoisotopic (exact) mass is 393 g/mol. The molecule has 0 aliphatic carbocycles. The maximum atomic E-state index is 11.8. The van der Waals surface area contributed by atoms with E-state index >= 15 is 0 Å². The van der Waals surface area contributed by atoms with Gasteiger partial charge in [0.15, 0.2) is 0 Å². The van der Waals surface area contributed by atoms with Crippen LogP contribution in [-0.2, 0) is 9.59 Å². The Bertz CT molecular complexity index is 650. The largest absolute Gasteiger partial charge is 0.325 e. The quantitative estimate of drug-likeness (QED) is 0.787. The average Bonchev–Trinajstić information content (AvgIpc) is 2.47. The molecule has 0 saturated heterocycles. The molecule has 120 valence electrons. The summed E-state index contributed by atoms with van der Waals surface area (Å²) in [4.78, 5) is 27.8. The van der Waals surface area contributed by atoms with Crippen LogP contribution in [0, 0.1) is 6.92 Å². The van der Waals surface area contributed by atoms with Crippen molar-refractivity contribution in [1.29, 1.82) is 0 Å². The first-order valence-corrected chi connectivity index (χ1v) is 8.84. The van der Waals surface area contributed by atoms with Gasteiger partial charge < -0.3 is 10.6 Å². The van der Waals surface area contributed by atoms with Crippen molar-refractivity contribution in [1.82, 2.24) is 4.98 Å². The van der Waals surface area contributed by atoms with Crippen LogP contribution in [0.4, 0.5) is 11.5 Å². The third kappa shape index (κ3) is 6.42. The van der Waals surface area contributed by atoms with Gasteiger partial charge in [0.05, 0.1) is 11.5 Å². The number of amides is 2. The summed E-state index contributed by atoms with van der Waals surface area (Å²) in [6, 6.07) is 12.8. The molecule has 2 aromatic rings. The number of hydrogen-bond donors (Lipinski definition) is 2. The summed E-state index contributed by atoms with van der Waals surface area (Å²) in [6.07, 6.45) is 0. The predicted octanol–water partition coefficient (Wildman–Crippen LogP) is 3.46. The number of hydrogen-bond acceptors (Lipinski definition) is 4. The van der Waals surface area contributed by atoms with E-state index in [0.29, 0.717) is 5.82 Å². The number of pyridine rings is 1. The normalized spacial score (nSPS) is 10.2. The zero-order valence-electron chi connectivity index (χ0n) is 12.5. The van der Waals surface area contributed by atoms with Gasteiger partial charge in [-0.2, -0.15) is 0 Å². The van der Waals surface area contributed by atoms with Crippen LogP contribution in [0.5, 0.6) is 0 Å². The van der Waals surface area contributed by atoms with Gasteiger partial charge in [0, 0.05) is 15.9 Å². The lowest BCUT2D eigenvalue weighted by Gasteiger charge is -2.06. The Morgan fingerprint density at radius 3 is 2.48 bits per heavy atom. The molecule has 1 aromatic carbocycles. The molecule has 0 unspecified atom stereocenters. The van der Waals surface area contributed by atoms with E-state index in [4.69, 9.17) is 0 Å². The van der Waals surface area contributed by atoms with E-state index < -0.39 is 0 Å². The number of anilines is 2. The van der Waals surface area contributed by atoms with Crippen molar-refractivity contribution in [3.05, 3.63) is 52.6 Å². The maximum Gasteiger partial charge on any atom is 0.235 e. The molecule has 7 heteroatoms. The van der Waals surface area contributed by atoms with Crippen molar-refractivity contribution in [2.45, 2.75) is 6.92 Å². The van der Waals surface area contributed by atoms with Gasteiger partial charge in [0.1, 0.15) is 5.82 Å². The molecule has 0 saturated carbocycles. The molecule has 5 nitrogen and oxygen atoms in total. The van der Waals surface area contributed by atoms with E-state index in [1.54, 1.807) is 6.07 Å². The second-order valence-corrected chi connectivity index (χ2v) is 6.66. The first-order chi connectivity index (χ1) is 11.0. The number of carbonyl (C=O) groups excluding carboxylic acids is 2. The molecule has 2 N–H and O–H groups in total. The first kappa shape index (κ1) is 17.5. The van der Waals surface area contributed by atoms with Crippen molar-refractivity contribution in [2.24, 2.45) is 0 Å². The van der Waals surface area contributed by atoms with Crippen LogP contribution in [0.1, 0.15) is 5.69 Å². The summed E-state index contributed by atoms with van der Waals surface area (Å²) in [5, 5.41) is 5.48. The molecule has 0 spiro atoms. The number of thioether (sulfide) groups is 1. The van der Waals surface area contributed by atoms with Crippen LogP contribution in [0.25, 0.3) is 0 Å². The fourth-order valence-corrected chi connectivity index (χ4v) is 2.81. The molecule has 2 rings (SSSR count). The second-order valence-electron chi connectivity index (χ2n) is 4.76. The van der Waals surface area contributed by atoms with Crippen molar-refractivity contribution in [3.63, 3.8) is 0 Å². The average molecular weight is 394 g/mol. The Morgan fingerprint density at radius 2 is 1.78 bits per heavy atom. The zero-order valence-corrected chi connectivity index (χ0v) is 14.9. The molecule has 2 amide bonds. The minimum Gasteiger partial charge on any atom is -0.325 e. The number of carbonyl (C=O) groups is 2. The van der Waals surface area contributed by atoms with Gasteiger partial charge in [0.2, 0.25) is 11.8 Å². The van der Waals surface area contributed by atoms with Crippen LogP contribution >= 0.6 is 27.7 Å². The zero-order chi connectivity index (χ0) is 16.7. The van der Waals surface area contributed by atoms with Crippen LogP contribution in [0.3, 0.4) is 0 Å². The van der Waals surface area contributed by atoms with E-state index in [1.165, 1.54) is 11.8 Å². The summed E-state index contributed by atoms with van der Waals surface area (Å²) in [5.41, 5.74) is 1.56. The number of benzene rings is 1. The van der Waals surface area contributed by atoms with E-state index in [-0.39, 0.29) is 23.3 Å². The van der Waals surface area contributed by atoms with Gasteiger partial charge in [-0.3, -0.25) is 9.59 Å². The highest BCUT2D eigenvalue weighted by Gasteiger charge is 2.07. The molecule has 23 heavy (non-hydrogen) atoms. The van der Waals surface area contributed by atoms with Gasteiger partial charge in [-0.05, 0) is 37.3 Å². The number of aryl methyl sites for hydroxylation is 1. The Labute approximate surface area is 147 Å². The minimum atomic E-state index is -0.177. The Balaban J connectivity index is 1.71. The Morgan fingerprint density at radius 1 is 1.09 bits per heavy atom. The SMILES string of the molecule is Cc1cccc(NC(=O)CSCC(=O)Nc2cccc(Br)c2)n1. The van der Waals surface area contributed by atoms with Gasteiger partial charge in [0.25, 0.3) is 0 Å². The third-order valence-electron chi connectivity index (χ3n) is 2.73. The summed E-state index contributed by atoms with van der Waals surface area (Å²) >= 11 is 4.60. The minimum absolute atomic E-state index is 0.144. The number of rotatable bonds is 6. The smallest absolute Gasteiger partial charge is 0.235 e. The lowest BCUT2D eigenvalue weighted by atomic mass is 10.3. The van der Waals surface area contributed by atoms with Crippen molar-refractivity contribution in [3.8, 4) is 0 Å². The lowest BCUT2D eigenvalue weighted by molar-refractivity contribution is -0.114. The fourth-order valence-electron chi connectivity index (χ4n) is 1.79. The van der Waals surface area contributed by atoms with Gasteiger partial charge >= 0.3 is 0 Å². The Kier molecular flexibility index (Phi) is 6.61. The summed E-state index contributed by atoms with van der Waals surface area (Å²) < 4.78 is 0.896. The maximum absolute atomic E-state index is 11.8. The predicted molar refractivity (Wildman–Crippen MR) is 97.7 cm³/mol. The van der Waals surface area contributed by atoms with E-state index in [1.807, 2.05) is 43.3 Å². The number of halogens is 1. The number of nitrogens with one attached hydrogen (secondary N) is 2. The topological polar surface area (TPSA) is 71.1 Å². The highest BCUT2D eigenvalue weighted by atomic mass is 79.9. The molecule has 0 aliphatic rings. The lowest BCUT2D eigenvalue weighted by Crippen LogP contribution is -2.19. The highest BCUT2D eigenvalue weighted by molar-refractivity contribution is 9.10. The van der Waals surface area contributed by atoms with E-state index in [2.05, 4.69) is 31.5 Å². The number of aromatic nitrogens is 1. The van der Waals surface area contributed by atoms with Gasteiger partial charge in [-0.1, -0.05) is 28.1 Å². The molecule has 0 bridgehead atoms. The van der Waals surface area contributed by atoms with E-state index in [0.717, 1.165) is 15.9 Å². The number of nitrogens with zero attached hydrogens (tertiary/aromatic N) is 1. The van der Waals surface area contributed by atoms with Crippen LogP contribution in [0.15, 0.2) is 46.9 Å². The first-order valence-electron chi connectivity index (χ1n) is 6.89. The summed E-state index contributed by atoms with van der Waals surface area (Å²) in [6.45, 7) is 1.86. The molecule has 0 fully saturated rings. The molecule has 1 aromatic heterocycles. The molecule has 0 atom stereocenters. The standard InChI is InChI=1S/C16H16BrN3O2S/c1-11-4-2-7-14(18-11)20-16(22)10-23-9-15(21)19-13-6-3-5-12(17)8-13/h2-8H,9-10H2,1H3,(H,19,21)(H,18,20,22). The van der Waals surface area contributed by atoms with Crippen molar-refractivity contribution < 1.29 is 9.59 Å². The van der Waals surface area contributed by atoms with Crippen LogP contribution in [-0.4, -0.2) is 28.3 Å². The second kappa shape index (κ2) is 8.69. The fraction of sp³-hybridized carbons (Fsp3) is 0.188. The molecular formula is C16H16BrN3O2S. The van der Waals surface area contributed by atoms with Crippen molar-refractivity contribution in [2.75, 3.05) is 22.1 Å². The molecule has 0 aliphatic heterocycles. The third-order valence-corrected chi connectivity index (χ3v) is 4.16. The van der Waals surface area contributed by atoms with E-state index in [9.17, 15) is 9.59 Å². The molecular weight excluding hydrogens is 378 g/mol. The molecule has 0 radical (unpaired) electrons. The van der Waals surface area contributed by atoms with Gasteiger partial charge in [-0.25, -0.2) is 4.98 Å². The summed E-state index contributed by atoms with van der Waals surface area (Å²) in [7, 11) is 0. The van der Waals surface area contributed by atoms with Crippen LogP contribution in [0.2, 0.25) is 0 Å². The van der Waals surface area contributed by atoms with Gasteiger partial charge in [-0.15, -0.1) is 11.8 Å².